The number of anilines is 1. The van der Waals surface area contributed by atoms with Gasteiger partial charge in [-0.3, -0.25) is 14.5 Å². The van der Waals surface area contributed by atoms with Crippen LogP contribution >= 0.6 is 11.3 Å². The van der Waals surface area contributed by atoms with Gasteiger partial charge in [0.2, 0.25) is 11.7 Å². The predicted molar refractivity (Wildman–Crippen MR) is 136 cm³/mol. The fraction of sp³-hybridized carbons (Fsp3) is 0.320. The third-order valence-electron chi connectivity index (χ3n) is 5.11. The smallest absolute Gasteiger partial charge is 0.251 e. The van der Waals surface area contributed by atoms with Crippen molar-refractivity contribution >= 4 is 28.8 Å². The molecule has 0 saturated heterocycles. The Kier molecular flexibility index (Phi) is 7.20. The molecule has 36 heavy (non-hydrogen) atoms. The van der Waals surface area contributed by atoms with Gasteiger partial charge in [-0.2, -0.15) is 4.80 Å². The minimum absolute atomic E-state index is 0.241. The molecule has 3 aromatic heterocycles. The number of amides is 2. The molecule has 3 heterocycles. The molecule has 2 amide bonds. The number of carbonyl (C=O) groups is 2. The number of nitrogens with one attached hydrogen (secondary N) is 1. The van der Waals surface area contributed by atoms with Gasteiger partial charge in [0.1, 0.15) is 24.1 Å². The Balaban J connectivity index is 1.72. The van der Waals surface area contributed by atoms with Crippen LogP contribution in [0.15, 0.2) is 58.3 Å². The number of rotatable bonds is 8. The van der Waals surface area contributed by atoms with Crippen LogP contribution in [0.2, 0.25) is 0 Å². The van der Waals surface area contributed by atoms with Gasteiger partial charge in [-0.25, -0.2) is 0 Å². The molecule has 0 saturated carbocycles. The SMILES string of the molecule is COc1cccc(N(C(=O)Cn2nnc(-c3ccc(C)o3)n2)[C@@H](C(=O)NC(C)(C)C)c2cccs2)c1. The molecule has 188 valence electrons. The van der Waals surface area contributed by atoms with Crippen molar-refractivity contribution in [3.8, 4) is 17.3 Å². The van der Waals surface area contributed by atoms with Crippen molar-refractivity contribution in [1.29, 1.82) is 0 Å². The van der Waals surface area contributed by atoms with Crippen molar-refractivity contribution in [3.05, 3.63) is 64.5 Å². The zero-order valence-corrected chi connectivity index (χ0v) is 21.6. The highest BCUT2D eigenvalue weighted by Gasteiger charge is 2.35. The number of thiophene rings is 1. The van der Waals surface area contributed by atoms with Crippen molar-refractivity contribution in [1.82, 2.24) is 25.5 Å². The molecular formula is C25H28N6O4S. The second-order valence-corrected chi connectivity index (χ2v) is 10.2. The number of hydrogen-bond acceptors (Lipinski definition) is 8. The summed E-state index contributed by atoms with van der Waals surface area (Å²) in [7, 11) is 1.55. The summed E-state index contributed by atoms with van der Waals surface area (Å²) in [6, 6.07) is 13.3. The fourth-order valence-corrected chi connectivity index (χ4v) is 4.43. The maximum Gasteiger partial charge on any atom is 0.251 e. The van der Waals surface area contributed by atoms with E-state index in [2.05, 4.69) is 20.7 Å². The van der Waals surface area contributed by atoms with Crippen molar-refractivity contribution in [2.75, 3.05) is 12.0 Å². The number of nitrogens with zero attached hydrogens (tertiary/aromatic N) is 5. The van der Waals surface area contributed by atoms with E-state index in [1.807, 2.05) is 45.2 Å². The molecule has 0 spiro atoms. The molecule has 1 aromatic carbocycles. The quantitative estimate of drug-likeness (QED) is 0.382. The highest BCUT2D eigenvalue weighted by Crippen LogP contribution is 2.33. The Morgan fingerprint density at radius 3 is 2.64 bits per heavy atom. The average Bonchev–Trinajstić information content (AvgIpc) is 3.58. The standard InChI is InChI=1S/C25H28N6O4S/c1-16-11-12-19(35-16)23-27-29-30(28-23)15-21(32)31(17-8-6-9-18(14-17)34-5)22(20-10-7-13-36-20)24(33)26-25(2,3)4/h6-14,22H,15H2,1-5H3,(H,26,33)/t22-/m1/s1. The first-order valence-corrected chi connectivity index (χ1v) is 12.2. The summed E-state index contributed by atoms with van der Waals surface area (Å²) in [5.74, 6) is 1.29. The monoisotopic (exact) mass is 508 g/mol. The highest BCUT2D eigenvalue weighted by molar-refractivity contribution is 7.10. The third-order valence-corrected chi connectivity index (χ3v) is 6.03. The molecule has 4 rings (SSSR count). The molecule has 0 fully saturated rings. The zero-order chi connectivity index (χ0) is 25.9. The highest BCUT2D eigenvalue weighted by atomic mass is 32.1. The first-order valence-electron chi connectivity index (χ1n) is 11.3. The molecule has 10 nitrogen and oxygen atoms in total. The minimum atomic E-state index is -0.917. The van der Waals surface area contributed by atoms with E-state index in [0.29, 0.717) is 27.8 Å². The third kappa shape index (κ3) is 5.80. The number of carbonyl (C=O) groups excluding carboxylic acids is 2. The Hall–Kier alpha value is -3.99. The second-order valence-electron chi connectivity index (χ2n) is 9.18. The van der Waals surface area contributed by atoms with E-state index < -0.39 is 17.5 Å². The van der Waals surface area contributed by atoms with Gasteiger partial charge in [0, 0.05) is 22.2 Å². The lowest BCUT2D eigenvalue weighted by molar-refractivity contribution is -0.128. The van der Waals surface area contributed by atoms with Crippen molar-refractivity contribution in [2.24, 2.45) is 0 Å². The van der Waals surface area contributed by atoms with E-state index in [9.17, 15) is 9.59 Å². The normalized spacial score (nSPS) is 12.2. The molecule has 0 aliphatic carbocycles. The van der Waals surface area contributed by atoms with E-state index in [4.69, 9.17) is 9.15 Å². The molecule has 1 N–H and O–H groups in total. The summed E-state index contributed by atoms with van der Waals surface area (Å²) in [6.07, 6.45) is 0. The molecule has 0 unspecified atom stereocenters. The van der Waals surface area contributed by atoms with E-state index in [1.165, 1.54) is 21.0 Å². The lowest BCUT2D eigenvalue weighted by atomic mass is 10.1. The van der Waals surface area contributed by atoms with E-state index in [0.717, 1.165) is 0 Å². The zero-order valence-electron chi connectivity index (χ0n) is 20.8. The van der Waals surface area contributed by atoms with Gasteiger partial charge in [0.15, 0.2) is 5.76 Å². The van der Waals surface area contributed by atoms with Gasteiger partial charge in [0.25, 0.3) is 5.91 Å². The maximum atomic E-state index is 13.8. The number of tetrazole rings is 1. The van der Waals surface area contributed by atoms with Crippen LogP contribution in [0.5, 0.6) is 5.75 Å². The lowest BCUT2D eigenvalue weighted by Gasteiger charge is -2.33. The summed E-state index contributed by atoms with van der Waals surface area (Å²) >= 11 is 1.40. The van der Waals surface area contributed by atoms with Gasteiger partial charge >= 0.3 is 0 Å². The molecule has 0 aliphatic heterocycles. The maximum absolute atomic E-state index is 13.8. The van der Waals surface area contributed by atoms with Crippen molar-refractivity contribution < 1.29 is 18.7 Å². The number of methoxy groups -OCH3 is 1. The van der Waals surface area contributed by atoms with Crippen LogP contribution in [0.3, 0.4) is 0 Å². The summed E-state index contributed by atoms with van der Waals surface area (Å²) in [5.41, 5.74) is 0.00275. The number of furan rings is 1. The molecular weight excluding hydrogens is 480 g/mol. The number of ether oxygens (including phenoxy) is 1. The molecule has 4 aromatic rings. The summed E-state index contributed by atoms with van der Waals surface area (Å²) in [4.78, 5) is 30.8. The van der Waals surface area contributed by atoms with Crippen LogP contribution in [0.4, 0.5) is 5.69 Å². The van der Waals surface area contributed by atoms with Crippen LogP contribution in [-0.4, -0.2) is 44.7 Å². The minimum Gasteiger partial charge on any atom is -0.497 e. The lowest BCUT2D eigenvalue weighted by Crippen LogP contribution is -2.50. The summed E-state index contributed by atoms with van der Waals surface area (Å²) in [5, 5.41) is 17.2. The Bertz CT molecular complexity index is 1340. The van der Waals surface area contributed by atoms with Crippen LogP contribution in [0.25, 0.3) is 11.6 Å². The van der Waals surface area contributed by atoms with Gasteiger partial charge in [-0.1, -0.05) is 12.1 Å². The predicted octanol–water partition coefficient (Wildman–Crippen LogP) is 4.00. The topological polar surface area (TPSA) is 115 Å². The molecule has 0 bridgehead atoms. The van der Waals surface area contributed by atoms with Gasteiger partial charge < -0.3 is 14.5 Å². The number of hydrogen-bond donors (Lipinski definition) is 1. The van der Waals surface area contributed by atoms with E-state index in [1.54, 1.807) is 43.5 Å². The van der Waals surface area contributed by atoms with Crippen molar-refractivity contribution in [2.45, 2.75) is 45.8 Å². The Morgan fingerprint density at radius 1 is 1.19 bits per heavy atom. The second kappa shape index (κ2) is 10.3. The van der Waals surface area contributed by atoms with Crippen LogP contribution in [-0.2, 0) is 16.1 Å². The Morgan fingerprint density at radius 2 is 2.00 bits per heavy atom. The average molecular weight is 509 g/mol. The molecule has 1 atom stereocenters. The van der Waals surface area contributed by atoms with E-state index >= 15 is 0 Å². The van der Waals surface area contributed by atoms with Crippen LogP contribution < -0.4 is 15.0 Å². The molecule has 0 radical (unpaired) electrons. The fourth-order valence-electron chi connectivity index (χ4n) is 3.62. The summed E-state index contributed by atoms with van der Waals surface area (Å²) in [6.45, 7) is 7.26. The largest absolute Gasteiger partial charge is 0.497 e. The van der Waals surface area contributed by atoms with Gasteiger partial charge in [-0.05, 0) is 68.6 Å². The summed E-state index contributed by atoms with van der Waals surface area (Å²) < 4.78 is 10.9. The van der Waals surface area contributed by atoms with Gasteiger partial charge in [0.05, 0.1) is 7.11 Å². The first kappa shape index (κ1) is 25.1. The van der Waals surface area contributed by atoms with Crippen molar-refractivity contribution in [3.63, 3.8) is 0 Å². The van der Waals surface area contributed by atoms with Crippen LogP contribution in [0, 0.1) is 6.92 Å². The first-order chi connectivity index (χ1) is 17.1. The van der Waals surface area contributed by atoms with Crippen LogP contribution in [0.1, 0.15) is 37.5 Å². The number of aromatic nitrogens is 4. The van der Waals surface area contributed by atoms with Gasteiger partial charge in [-0.15, -0.1) is 21.5 Å². The van der Waals surface area contributed by atoms with E-state index in [-0.39, 0.29) is 18.3 Å². The Labute approximate surface area is 212 Å². The number of aryl methyl sites for hydroxylation is 1. The molecule has 11 heteroatoms. The number of benzene rings is 1. The molecule has 0 aliphatic rings.